The third-order valence-corrected chi connectivity index (χ3v) is 2.60. The Morgan fingerprint density at radius 3 is 2.64 bits per heavy atom. The Labute approximate surface area is 125 Å². The van der Waals surface area contributed by atoms with Crippen LogP contribution in [0, 0.1) is 10.1 Å². The van der Waals surface area contributed by atoms with Crippen LogP contribution in [0.15, 0.2) is 24.3 Å². The van der Waals surface area contributed by atoms with Crippen molar-refractivity contribution >= 4 is 23.5 Å². The minimum Gasteiger partial charge on any atom is -0.480 e. The van der Waals surface area contributed by atoms with Crippen LogP contribution in [0.25, 0.3) is 0 Å². The highest BCUT2D eigenvalue weighted by Crippen LogP contribution is 2.13. The van der Waals surface area contributed by atoms with E-state index in [-0.39, 0.29) is 17.9 Å². The number of nitro benzene ring substituents is 1. The van der Waals surface area contributed by atoms with Crippen molar-refractivity contribution in [1.82, 2.24) is 5.32 Å². The van der Waals surface area contributed by atoms with E-state index in [0.717, 1.165) is 6.07 Å². The predicted molar refractivity (Wildman–Crippen MR) is 73.2 cm³/mol. The van der Waals surface area contributed by atoms with Crippen LogP contribution in [0.2, 0.25) is 0 Å². The second-order valence-electron chi connectivity index (χ2n) is 4.18. The summed E-state index contributed by atoms with van der Waals surface area (Å²) in [5.74, 6) is -3.01. The Kier molecular flexibility index (Phi) is 5.99. The van der Waals surface area contributed by atoms with Gasteiger partial charge in [0.2, 0.25) is 0 Å². The van der Waals surface area contributed by atoms with Crippen molar-refractivity contribution in [3.63, 3.8) is 0 Å². The van der Waals surface area contributed by atoms with Gasteiger partial charge in [0.25, 0.3) is 11.6 Å². The van der Waals surface area contributed by atoms with Crippen molar-refractivity contribution in [3.8, 4) is 0 Å². The van der Waals surface area contributed by atoms with Gasteiger partial charge in [0.05, 0.1) is 18.0 Å². The first kappa shape index (κ1) is 17.1. The third-order valence-electron chi connectivity index (χ3n) is 2.60. The molecule has 0 unspecified atom stereocenters. The summed E-state index contributed by atoms with van der Waals surface area (Å²) < 4.78 is 4.62. The zero-order chi connectivity index (χ0) is 16.7. The number of carbonyl (C=O) groups is 3. The van der Waals surface area contributed by atoms with E-state index in [1.807, 2.05) is 0 Å². The molecule has 0 aliphatic rings. The SMILES string of the molecule is CCOC(=O)C[C@H](NC(=O)c1cccc([N+](=O)[O-])c1)C(=O)O. The highest BCUT2D eigenvalue weighted by molar-refractivity contribution is 5.97. The van der Waals surface area contributed by atoms with Crippen LogP contribution in [-0.2, 0) is 14.3 Å². The maximum absolute atomic E-state index is 11.9. The van der Waals surface area contributed by atoms with Gasteiger partial charge in [-0.15, -0.1) is 0 Å². The molecule has 118 valence electrons. The minimum atomic E-state index is -1.48. The summed E-state index contributed by atoms with van der Waals surface area (Å²) in [6.45, 7) is 1.65. The van der Waals surface area contributed by atoms with Crippen LogP contribution >= 0.6 is 0 Å². The fraction of sp³-hybridized carbons (Fsp3) is 0.308. The molecule has 0 saturated carbocycles. The molecule has 0 saturated heterocycles. The van der Waals surface area contributed by atoms with Gasteiger partial charge >= 0.3 is 11.9 Å². The van der Waals surface area contributed by atoms with E-state index in [1.54, 1.807) is 6.92 Å². The first-order chi connectivity index (χ1) is 10.3. The smallest absolute Gasteiger partial charge is 0.326 e. The monoisotopic (exact) mass is 310 g/mol. The third kappa shape index (κ3) is 4.85. The molecule has 1 aromatic rings. The van der Waals surface area contributed by atoms with Gasteiger partial charge < -0.3 is 15.2 Å². The number of amides is 1. The van der Waals surface area contributed by atoms with Crippen molar-refractivity contribution in [2.75, 3.05) is 6.61 Å². The molecule has 1 rings (SSSR count). The van der Waals surface area contributed by atoms with Crippen LogP contribution in [0.3, 0.4) is 0 Å². The fourth-order valence-electron chi connectivity index (χ4n) is 1.59. The molecular formula is C13H14N2O7. The highest BCUT2D eigenvalue weighted by Gasteiger charge is 2.25. The number of carboxylic acids is 1. The summed E-state index contributed by atoms with van der Waals surface area (Å²) in [4.78, 5) is 44.2. The predicted octanol–water partition coefficient (Wildman–Crippen LogP) is 0.731. The van der Waals surface area contributed by atoms with Crippen LogP contribution in [0.4, 0.5) is 5.69 Å². The maximum Gasteiger partial charge on any atom is 0.326 e. The van der Waals surface area contributed by atoms with Gasteiger partial charge in [-0.3, -0.25) is 19.7 Å². The van der Waals surface area contributed by atoms with Crippen LogP contribution in [-0.4, -0.2) is 40.5 Å². The van der Waals surface area contributed by atoms with Crippen molar-refractivity contribution < 1.29 is 29.2 Å². The number of nitro groups is 1. The average Bonchev–Trinajstić information content (AvgIpc) is 2.46. The molecule has 0 aromatic heterocycles. The highest BCUT2D eigenvalue weighted by atomic mass is 16.6. The number of nitrogens with zero attached hydrogens (tertiary/aromatic N) is 1. The van der Waals surface area contributed by atoms with Crippen molar-refractivity contribution in [2.24, 2.45) is 0 Å². The molecule has 22 heavy (non-hydrogen) atoms. The Hall–Kier alpha value is -2.97. The van der Waals surface area contributed by atoms with Gasteiger partial charge in [-0.1, -0.05) is 6.07 Å². The maximum atomic E-state index is 11.9. The number of ether oxygens (including phenoxy) is 1. The second kappa shape index (κ2) is 7.72. The Morgan fingerprint density at radius 2 is 2.09 bits per heavy atom. The summed E-state index contributed by atoms with van der Waals surface area (Å²) >= 11 is 0. The Morgan fingerprint density at radius 1 is 1.41 bits per heavy atom. The molecule has 9 nitrogen and oxygen atoms in total. The molecule has 0 heterocycles. The minimum absolute atomic E-state index is 0.0793. The number of non-ortho nitro benzene ring substituents is 1. The molecular weight excluding hydrogens is 296 g/mol. The number of hydrogen-bond donors (Lipinski definition) is 2. The number of hydrogen-bond acceptors (Lipinski definition) is 6. The zero-order valence-electron chi connectivity index (χ0n) is 11.6. The molecule has 1 amide bonds. The number of aliphatic carboxylic acids is 1. The number of benzene rings is 1. The zero-order valence-corrected chi connectivity index (χ0v) is 11.6. The van der Waals surface area contributed by atoms with Gasteiger partial charge in [-0.05, 0) is 13.0 Å². The van der Waals surface area contributed by atoms with E-state index in [9.17, 15) is 24.5 Å². The average molecular weight is 310 g/mol. The quantitative estimate of drug-likeness (QED) is 0.430. The van der Waals surface area contributed by atoms with Crippen LogP contribution in [0.5, 0.6) is 0 Å². The Balaban J connectivity index is 2.83. The van der Waals surface area contributed by atoms with Crippen molar-refractivity contribution in [2.45, 2.75) is 19.4 Å². The first-order valence-corrected chi connectivity index (χ1v) is 6.29. The molecule has 1 aromatic carbocycles. The molecule has 1 atom stereocenters. The number of carboxylic acid groups (broad SMARTS) is 1. The lowest BCUT2D eigenvalue weighted by Gasteiger charge is -2.13. The lowest BCUT2D eigenvalue weighted by molar-refractivity contribution is -0.384. The van der Waals surface area contributed by atoms with Gasteiger partial charge in [0, 0.05) is 17.7 Å². The number of carbonyl (C=O) groups excluding carboxylic acids is 2. The lowest BCUT2D eigenvalue weighted by Crippen LogP contribution is -2.42. The standard InChI is InChI=1S/C13H14N2O7/c1-2-22-11(16)7-10(13(18)19)14-12(17)8-4-3-5-9(6-8)15(20)21/h3-6,10H,2,7H2,1H3,(H,14,17)(H,18,19)/t10-/m0/s1. The molecule has 2 N–H and O–H groups in total. The first-order valence-electron chi connectivity index (χ1n) is 6.29. The number of esters is 1. The number of rotatable bonds is 7. The molecule has 0 aliphatic heterocycles. The topological polar surface area (TPSA) is 136 Å². The molecule has 0 aliphatic carbocycles. The van der Waals surface area contributed by atoms with E-state index in [4.69, 9.17) is 5.11 Å². The molecule has 0 bridgehead atoms. The van der Waals surface area contributed by atoms with E-state index < -0.39 is 35.2 Å². The molecule has 0 fully saturated rings. The van der Waals surface area contributed by atoms with Gasteiger partial charge in [0.15, 0.2) is 0 Å². The second-order valence-corrected chi connectivity index (χ2v) is 4.18. The normalized spacial score (nSPS) is 11.3. The van der Waals surface area contributed by atoms with Crippen molar-refractivity contribution in [1.29, 1.82) is 0 Å². The number of nitrogens with one attached hydrogen (secondary N) is 1. The van der Waals surface area contributed by atoms with E-state index in [1.165, 1.54) is 18.2 Å². The summed E-state index contributed by atoms with van der Waals surface area (Å²) in [5.41, 5.74) is -0.380. The van der Waals surface area contributed by atoms with Gasteiger partial charge in [0.1, 0.15) is 6.04 Å². The fourth-order valence-corrected chi connectivity index (χ4v) is 1.59. The van der Waals surface area contributed by atoms with Gasteiger partial charge in [-0.2, -0.15) is 0 Å². The van der Waals surface area contributed by atoms with E-state index >= 15 is 0 Å². The summed E-state index contributed by atoms with van der Waals surface area (Å²) in [7, 11) is 0. The van der Waals surface area contributed by atoms with Crippen LogP contribution in [0.1, 0.15) is 23.7 Å². The summed E-state index contributed by atoms with van der Waals surface area (Å²) in [6, 6.07) is 3.33. The van der Waals surface area contributed by atoms with Crippen LogP contribution < -0.4 is 5.32 Å². The summed E-state index contributed by atoms with van der Waals surface area (Å²) in [6.07, 6.45) is -0.538. The molecule has 0 spiro atoms. The van der Waals surface area contributed by atoms with Gasteiger partial charge in [-0.25, -0.2) is 4.79 Å². The van der Waals surface area contributed by atoms with E-state index in [2.05, 4.69) is 10.1 Å². The van der Waals surface area contributed by atoms with Crippen molar-refractivity contribution in [3.05, 3.63) is 39.9 Å². The largest absolute Gasteiger partial charge is 0.480 e. The summed E-state index contributed by atoms with van der Waals surface area (Å²) in [5, 5.41) is 21.8. The molecule has 0 radical (unpaired) electrons. The van der Waals surface area contributed by atoms with E-state index in [0.29, 0.717) is 0 Å². The molecule has 9 heteroatoms. The lowest BCUT2D eigenvalue weighted by atomic mass is 10.1. The Bertz CT molecular complexity index is 600.